The molecule has 0 aliphatic heterocycles. The van der Waals surface area contributed by atoms with Crippen molar-refractivity contribution in [2.45, 2.75) is 20.3 Å². The summed E-state index contributed by atoms with van der Waals surface area (Å²) in [5, 5.41) is 15.3. The zero-order valence-electron chi connectivity index (χ0n) is 5.22. The Morgan fingerprint density at radius 3 is 1.56 bits per heavy atom. The fourth-order valence-electron chi connectivity index (χ4n) is 0. The van der Waals surface area contributed by atoms with Crippen LogP contribution in [0.4, 0.5) is 0 Å². The monoisotopic (exact) mass is 162 g/mol. The molecule has 0 aliphatic rings. The van der Waals surface area contributed by atoms with Crippen molar-refractivity contribution in [2.24, 2.45) is 0 Å². The summed E-state index contributed by atoms with van der Waals surface area (Å²) in [6.07, 6.45) is 0.222. The molecule has 0 fully saturated rings. The standard InChI is InChI=1S/C3H6O2.C2H6O.Ca.2H/c1-2-3(4)5;1-2-3;;;/h2H2,1H3,(H,4,5);3H,2H2,1H3;;;. The van der Waals surface area contributed by atoms with Gasteiger partial charge in [-0.2, -0.15) is 0 Å². The Morgan fingerprint density at radius 1 is 1.44 bits per heavy atom. The van der Waals surface area contributed by atoms with Gasteiger partial charge in [0.15, 0.2) is 0 Å². The van der Waals surface area contributed by atoms with Crippen molar-refractivity contribution in [3.8, 4) is 0 Å². The summed E-state index contributed by atoms with van der Waals surface area (Å²) in [4.78, 5) is 9.37. The summed E-state index contributed by atoms with van der Waals surface area (Å²) in [6, 6.07) is 0. The van der Waals surface area contributed by atoms with Crippen molar-refractivity contribution >= 4 is 43.7 Å². The first-order valence-corrected chi connectivity index (χ1v) is 2.51. The van der Waals surface area contributed by atoms with E-state index in [2.05, 4.69) is 0 Å². The third-order valence-corrected chi connectivity index (χ3v) is 0.302. The maximum atomic E-state index is 9.37. The third kappa shape index (κ3) is 53.8. The van der Waals surface area contributed by atoms with Crippen molar-refractivity contribution in [1.82, 2.24) is 0 Å². The number of carboxylic acid groups (broad SMARTS) is 1. The van der Waals surface area contributed by atoms with E-state index < -0.39 is 5.97 Å². The van der Waals surface area contributed by atoms with Gasteiger partial charge < -0.3 is 10.2 Å². The minimum atomic E-state index is -0.745. The SMILES string of the molecule is CCC(=O)O.CCO.[CaH2]. The molecule has 0 aliphatic carbocycles. The van der Waals surface area contributed by atoms with Gasteiger partial charge in [-0.15, -0.1) is 0 Å². The third-order valence-electron chi connectivity index (χ3n) is 0.302. The van der Waals surface area contributed by atoms with Gasteiger partial charge in [-0.05, 0) is 6.92 Å². The molecule has 0 rings (SSSR count). The Morgan fingerprint density at radius 2 is 1.56 bits per heavy atom. The molecule has 0 aromatic carbocycles. The Labute approximate surface area is 85.1 Å². The van der Waals surface area contributed by atoms with Gasteiger partial charge in [-0.1, -0.05) is 6.92 Å². The van der Waals surface area contributed by atoms with Crippen LogP contribution in [0.1, 0.15) is 20.3 Å². The molecular formula is C5H14CaO3. The summed E-state index contributed by atoms with van der Waals surface area (Å²) in [5.74, 6) is -0.745. The Hall–Kier alpha value is 0.690. The summed E-state index contributed by atoms with van der Waals surface area (Å²) < 4.78 is 0. The summed E-state index contributed by atoms with van der Waals surface area (Å²) in [5.41, 5.74) is 0. The normalized spacial score (nSPS) is 6.11. The molecule has 0 saturated carbocycles. The number of carbonyl (C=O) groups is 1. The van der Waals surface area contributed by atoms with Gasteiger partial charge in [0.1, 0.15) is 0 Å². The van der Waals surface area contributed by atoms with Crippen LogP contribution in [0.25, 0.3) is 0 Å². The Balaban J connectivity index is -0.0000000800. The van der Waals surface area contributed by atoms with E-state index in [1.165, 1.54) is 0 Å². The molecule has 0 bridgehead atoms. The van der Waals surface area contributed by atoms with E-state index in [0.29, 0.717) is 0 Å². The van der Waals surface area contributed by atoms with Gasteiger partial charge in [0.2, 0.25) is 0 Å². The van der Waals surface area contributed by atoms with Crippen molar-refractivity contribution < 1.29 is 15.0 Å². The first kappa shape index (κ1) is 16.3. The molecule has 0 saturated heterocycles. The number of hydrogen-bond donors (Lipinski definition) is 2. The molecule has 0 heterocycles. The van der Waals surface area contributed by atoms with Crippen molar-refractivity contribution in [3.05, 3.63) is 0 Å². The molecule has 0 aromatic rings. The van der Waals surface area contributed by atoms with Crippen LogP contribution in [0.15, 0.2) is 0 Å². The van der Waals surface area contributed by atoms with Crippen LogP contribution < -0.4 is 0 Å². The van der Waals surface area contributed by atoms with Gasteiger partial charge in [0.25, 0.3) is 0 Å². The van der Waals surface area contributed by atoms with Crippen molar-refractivity contribution in [2.75, 3.05) is 6.61 Å². The predicted molar refractivity (Wildman–Crippen MR) is 39.2 cm³/mol. The fourth-order valence-corrected chi connectivity index (χ4v) is 0. The summed E-state index contributed by atoms with van der Waals surface area (Å²) in [6.45, 7) is 3.53. The van der Waals surface area contributed by atoms with Crippen molar-refractivity contribution in [1.29, 1.82) is 0 Å². The molecule has 0 spiro atoms. The first-order valence-electron chi connectivity index (χ1n) is 2.51. The molecule has 4 heteroatoms. The topological polar surface area (TPSA) is 57.5 Å². The van der Waals surface area contributed by atoms with Gasteiger partial charge in [-0.25, -0.2) is 0 Å². The molecule has 2 N–H and O–H groups in total. The van der Waals surface area contributed by atoms with Crippen molar-refractivity contribution in [3.63, 3.8) is 0 Å². The van der Waals surface area contributed by atoms with E-state index in [0.717, 1.165) is 0 Å². The molecular weight excluding hydrogens is 148 g/mol. The molecule has 0 aromatic heterocycles. The predicted octanol–water partition coefficient (Wildman–Crippen LogP) is -0.437. The van der Waals surface area contributed by atoms with E-state index in [1.54, 1.807) is 13.8 Å². The van der Waals surface area contributed by atoms with E-state index in [9.17, 15) is 4.79 Å². The average molecular weight is 162 g/mol. The number of hydrogen-bond acceptors (Lipinski definition) is 2. The van der Waals surface area contributed by atoms with Crippen LogP contribution in [-0.2, 0) is 4.79 Å². The zero-order valence-corrected chi connectivity index (χ0v) is 5.22. The quantitative estimate of drug-likeness (QED) is 0.514. The Bertz CT molecular complexity index is 56.2. The van der Waals surface area contributed by atoms with Gasteiger partial charge in [0.05, 0.1) is 0 Å². The Kier molecular flexibility index (Phi) is 28.8. The van der Waals surface area contributed by atoms with Crippen LogP contribution in [0.5, 0.6) is 0 Å². The summed E-state index contributed by atoms with van der Waals surface area (Å²) >= 11 is 0. The molecule has 0 amide bonds. The number of rotatable bonds is 1. The van der Waals surface area contributed by atoms with E-state index in [1.807, 2.05) is 0 Å². The van der Waals surface area contributed by atoms with E-state index >= 15 is 0 Å². The number of aliphatic hydroxyl groups excluding tert-OH is 1. The minimum absolute atomic E-state index is 0. The maximum absolute atomic E-state index is 9.37. The molecule has 0 unspecified atom stereocenters. The van der Waals surface area contributed by atoms with Crippen LogP contribution in [0, 0.1) is 0 Å². The molecule has 0 atom stereocenters. The molecule has 54 valence electrons. The van der Waals surface area contributed by atoms with E-state index in [4.69, 9.17) is 10.2 Å². The van der Waals surface area contributed by atoms with Crippen LogP contribution in [0.3, 0.4) is 0 Å². The number of carboxylic acids is 1. The van der Waals surface area contributed by atoms with Crippen LogP contribution in [0.2, 0.25) is 0 Å². The second-order valence-corrected chi connectivity index (χ2v) is 1.06. The average Bonchev–Trinajstić information content (AvgIpc) is 1.69. The summed E-state index contributed by atoms with van der Waals surface area (Å²) in [7, 11) is 0. The van der Waals surface area contributed by atoms with E-state index in [-0.39, 0.29) is 50.8 Å². The van der Waals surface area contributed by atoms with Crippen LogP contribution >= 0.6 is 0 Å². The van der Waals surface area contributed by atoms with Gasteiger partial charge in [-0.3, -0.25) is 4.79 Å². The molecule has 9 heavy (non-hydrogen) atoms. The second kappa shape index (κ2) is 15.9. The second-order valence-electron chi connectivity index (χ2n) is 1.06. The number of aliphatic carboxylic acids is 1. The zero-order chi connectivity index (χ0) is 6.99. The van der Waals surface area contributed by atoms with Gasteiger partial charge in [0, 0.05) is 13.0 Å². The molecule has 0 radical (unpaired) electrons. The van der Waals surface area contributed by atoms with Gasteiger partial charge >= 0.3 is 43.7 Å². The fraction of sp³-hybridized carbons (Fsp3) is 0.800. The molecule has 3 nitrogen and oxygen atoms in total. The van der Waals surface area contributed by atoms with Crippen LogP contribution in [-0.4, -0.2) is 60.5 Å². The first-order chi connectivity index (χ1) is 3.68. The number of aliphatic hydroxyl groups is 1.